The summed E-state index contributed by atoms with van der Waals surface area (Å²) in [7, 11) is 1.65. The second-order valence-corrected chi connectivity index (χ2v) is 5.47. The van der Waals surface area contributed by atoms with Gasteiger partial charge in [-0.15, -0.1) is 0 Å². The highest BCUT2D eigenvalue weighted by Gasteiger charge is 2.19. The number of nitrogens with zero attached hydrogens (tertiary/aromatic N) is 1. The number of ether oxygens (including phenoxy) is 1. The molecule has 1 unspecified atom stereocenters. The van der Waals surface area contributed by atoms with Gasteiger partial charge in [0.2, 0.25) is 0 Å². The molecule has 0 saturated carbocycles. The van der Waals surface area contributed by atoms with Gasteiger partial charge in [0.15, 0.2) is 0 Å². The summed E-state index contributed by atoms with van der Waals surface area (Å²) in [6, 6.07) is 6.08. The minimum Gasteiger partial charge on any atom is -0.496 e. The van der Waals surface area contributed by atoms with Gasteiger partial charge in [-0.2, -0.15) is 0 Å². The molecule has 0 bridgehead atoms. The van der Waals surface area contributed by atoms with Gasteiger partial charge in [-0.3, -0.25) is 4.90 Å². The normalized spacial score (nSPS) is 20.0. The molecule has 0 aliphatic carbocycles. The molecule has 18 heavy (non-hydrogen) atoms. The summed E-state index contributed by atoms with van der Waals surface area (Å²) in [6.45, 7) is 5.63. The predicted molar refractivity (Wildman–Crippen MR) is 77.9 cm³/mol. The Morgan fingerprint density at radius 2 is 2.33 bits per heavy atom. The van der Waals surface area contributed by atoms with Gasteiger partial charge in [-0.25, -0.2) is 0 Å². The molecule has 1 aliphatic rings. The summed E-state index contributed by atoms with van der Waals surface area (Å²) in [4.78, 5) is 2.85. The minimum absolute atomic E-state index is 0.383. The molecule has 4 heteroatoms. The van der Waals surface area contributed by atoms with Crippen LogP contribution in [0.25, 0.3) is 0 Å². The van der Waals surface area contributed by atoms with Gasteiger partial charge < -0.3 is 10.5 Å². The highest BCUT2D eigenvalue weighted by atomic mass is 32.1. The average molecular weight is 264 g/mol. The number of methoxy groups -OCH3 is 1. The first-order valence-corrected chi connectivity index (χ1v) is 6.70. The molecule has 98 valence electrons. The van der Waals surface area contributed by atoms with Crippen molar-refractivity contribution in [1.82, 2.24) is 4.90 Å². The van der Waals surface area contributed by atoms with E-state index in [4.69, 9.17) is 22.7 Å². The van der Waals surface area contributed by atoms with Crippen LogP contribution in [0.15, 0.2) is 18.2 Å². The van der Waals surface area contributed by atoms with Crippen LogP contribution in [-0.4, -0.2) is 30.1 Å². The monoisotopic (exact) mass is 264 g/mol. The molecule has 0 radical (unpaired) electrons. The number of hydrogen-bond donors (Lipinski definition) is 1. The van der Waals surface area contributed by atoms with Crippen LogP contribution in [0.4, 0.5) is 0 Å². The maximum absolute atomic E-state index is 5.66. The van der Waals surface area contributed by atoms with Crippen LogP contribution in [-0.2, 0) is 6.54 Å². The zero-order valence-corrected chi connectivity index (χ0v) is 11.8. The predicted octanol–water partition coefficient (Wildman–Crippen LogP) is 2.17. The Morgan fingerprint density at radius 3 is 2.89 bits per heavy atom. The van der Waals surface area contributed by atoms with Crippen LogP contribution in [0.5, 0.6) is 5.75 Å². The van der Waals surface area contributed by atoms with Gasteiger partial charge in [0.05, 0.1) is 12.7 Å². The van der Waals surface area contributed by atoms with E-state index in [1.807, 2.05) is 12.1 Å². The minimum atomic E-state index is 0.383. The number of benzene rings is 1. The lowest BCUT2D eigenvalue weighted by atomic mass is 10.1. The van der Waals surface area contributed by atoms with E-state index in [0.29, 0.717) is 4.99 Å². The molecule has 1 aliphatic heterocycles. The summed E-state index contributed by atoms with van der Waals surface area (Å²) < 4.78 is 5.35. The van der Waals surface area contributed by atoms with Gasteiger partial charge in [-0.1, -0.05) is 25.2 Å². The largest absolute Gasteiger partial charge is 0.496 e. The molecule has 0 spiro atoms. The standard InChI is InChI=1S/C14H20N2OS/c1-10-5-6-16(8-10)9-11-3-4-12(14(15)18)13(7-11)17-2/h3-4,7,10H,5-6,8-9H2,1-2H3,(H2,15,18). The molecule has 2 N–H and O–H groups in total. The average Bonchev–Trinajstić information content (AvgIpc) is 2.74. The second-order valence-electron chi connectivity index (χ2n) is 5.03. The van der Waals surface area contributed by atoms with Crippen molar-refractivity contribution in [2.24, 2.45) is 11.7 Å². The van der Waals surface area contributed by atoms with Crippen LogP contribution < -0.4 is 10.5 Å². The summed E-state index contributed by atoms with van der Waals surface area (Å²) in [5, 5.41) is 0. The molecule has 2 rings (SSSR count). The smallest absolute Gasteiger partial charge is 0.129 e. The number of hydrogen-bond acceptors (Lipinski definition) is 3. The van der Waals surface area contributed by atoms with Crippen molar-refractivity contribution >= 4 is 17.2 Å². The zero-order valence-electron chi connectivity index (χ0n) is 11.0. The maximum atomic E-state index is 5.66. The van der Waals surface area contributed by atoms with E-state index in [9.17, 15) is 0 Å². The van der Waals surface area contributed by atoms with Gasteiger partial charge in [0.25, 0.3) is 0 Å². The molecule has 1 saturated heterocycles. The van der Waals surface area contributed by atoms with Crippen molar-refractivity contribution in [2.75, 3.05) is 20.2 Å². The van der Waals surface area contributed by atoms with Crippen molar-refractivity contribution in [3.8, 4) is 5.75 Å². The Hall–Kier alpha value is -1.13. The molecule has 1 fully saturated rings. The summed E-state index contributed by atoms with van der Waals surface area (Å²) in [5.41, 5.74) is 7.73. The molecular formula is C14H20N2OS. The summed E-state index contributed by atoms with van der Waals surface area (Å²) in [5.74, 6) is 1.58. The molecule has 1 heterocycles. The van der Waals surface area contributed by atoms with Gasteiger partial charge >= 0.3 is 0 Å². The highest BCUT2D eigenvalue weighted by Crippen LogP contribution is 2.23. The fourth-order valence-electron chi connectivity index (χ4n) is 2.47. The molecule has 1 aromatic carbocycles. The Balaban J connectivity index is 2.12. The Morgan fingerprint density at radius 1 is 1.56 bits per heavy atom. The lowest BCUT2D eigenvalue weighted by molar-refractivity contribution is 0.319. The molecule has 3 nitrogen and oxygen atoms in total. The molecule has 0 amide bonds. The lowest BCUT2D eigenvalue weighted by Gasteiger charge is -2.16. The van der Waals surface area contributed by atoms with E-state index in [0.717, 1.165) is 23.8 Å². The Kier molecular flexibility index (Phi) is 4.19. The fraction of sp³-hybridized carbons (Fsp3) is 0.500. The van der Waals surface area contributed by atoms with Crippen LogP contribution in [0.3, 0.4) is 0 Å². The summed E-state index contributed by atoms with van der Waals surface area (Å²) in [6.07, 6.45) is 1.29. The lowest BCUT2D eigenvalue weighted by Crippen LogP contribution is -2.20. The van der Waals surface area contributed by atoms with E-state index in [-0.39, 0.29) is 0 Å². The van der Waals surface area contributed by atoms with E-state index >= 15 is 0 Å². The summed E-state index contributed by atoms with van der Waals surface area (Å²) >= 11 is 5.01. The third kappa shape index (κ3) is 3.00. The first-order valence-electron chi connectivity index (χ1n) is 6.29. The van der Waals surface area contributed by atoms with Crippen molar-refractivity contribution in [1.29, 1.82) is 0 Å². The Labute approximate surface area is 114 Å². The van der Waals surface area contributed by atoms with Crippen LogP contribution in [0.1, 0.15) is 24.5 Å². The molecule has 0 aromatic heterocycles. The van der Waals surface area contributed by atoms with Crippen molar-refractivity contribution < 1.29 is 4.74 Å². The first kappa shape index (κ1) is 13.3. The maximum Gasteiger partial charge on any atom is 0.129 e. The number of rotatable bonds is 4. The van der Waals surface area contributed by atoms with E-state index < -0.39 is 0 Å². The van der Waals surface area contributed by atoms with Crippen LogP contribution in [0, 0.1) is 5.92 Å². The fourth-order valence-corrected chi connectivity index (χ4v) is 2.63. The first-order chi connectivity index (χ1) is 8.60. The number of likely N-dealkylation sites (tertiary alicyclic amines) is 1. The van der Waals surface area contributed by atoms with Gasteiger partial charge in [-0.05, 0) is 36.6 Å². The highest BCUT2D eigenvalue weighted by molar-refractivity contribution is 7.80. The van der Waals surface area contributed by atoms with Gasteiger partial charge in [0.1, 0.15) is 10.7 Å². The van der Waals surface area contributed by atoms with Crippen LogP contribution >= 0.6 is 12.2 Å². The van der Waals surface area contributed by atoms with Crippen LogP contribution in [0.2, 0.25) is 0 Å². The number of nitrogens with two attached hydrogens (primary N) is 1. The molecule has 1 aromatic rings. The van der Waals surface area contributed by atoms with Crippen molar-refractivity contribution in [2.45, 2.75) is 19.9 Å². The molecule has 1 atom stereocenters. The molecular weight excluding hydrogens is 244 g/mol. The third-order valence-electron chi connectivity index (χ3n) is 3.45. The Bertz CT molecular complexity index is 447. The van der Waals surface area contributed by atoms with Gasteiger partial charge in [0, 0.05) is 13.1 Å². The van der Waals surface area contributed by atoms with Crippen molar-refractivity contribution in [3.05, 3.63) is 29.3 Å². The SMILES string of the molecule is COc1cc(CN2CCC(C)C2)ccc1C(N)=S. The van der Waals surface area contributed by atoms with E-state index in [1.54, 1.807) is 7.11 Å². The number of thiocarbonyl (C=S) groups is 1. The quantitative estimate of drug-likeness (QED) is 0.846. The van der Waals surface area contributed by atoms with E-state index in [1.165, 1.54) is 25.1 Å². The topological polar surface area (TPSA) is 38.5 Å². The van der Waals surface area contributed by atoms with E-state index in [2.05, 4.69) is 17.9 Å². The zero-order chi connectivity index (χ0) is 13.1. The van der Waals surface area contributed by atoms with Crippen molar-refractivity contribution in [3.63, 3.8) is 0 Å². The third-order valence-corrected chi connectivity index (χ3v) is 3.67. The second kappa shape index (κ2) is 5.67.